The van der Waals surface area contributed by atoms with Gasteiger partial charge in [0, 0.05) is 0 Å². The number of aliphatic hydroxyl groups is 1. The van der Waals surface area contributed by atoms with Gasteiger partial charge in [-0.15, -0.1) is 11.8 Å². The first-order valence-electron chi connectivity index (χ1n) is 3.66. The molecule has 1 aliphatic rings. The smallest absolute Gasteiger partial charge is 0.103 e. The topological polar surface area (TPSA) is 29.5 Å². The molecule has 0 aromatic heterocycles. The Hall–Kier alpha value is 0.270. The molecular weight excluding hydrogens is 148 g/mol. The van der Waals surface area contributed by atoms with E-state index in [1.54, 1.807) is 11.8 Å². The lowest BCUT2D eigenvalue weighted by Gasteiger charge is -2.27. The van der Waals surface area contributed by atoms with Crippen molar-refractivity contribution < 1.29 is 9.84 Å². The van der Waals surface area contributed by atoms with Gasteiger partial charge in [0.2, 0.25) is 0 Å². The molecule has 0 aromatic rings. The molecule has 1 aliphatic heterocycles. The summed E-state index contributed by atoms with van der Waals surface area (Å²) in [7, 11) is 0. The molecule has 0 radical (unpaired) electrons. The summed E-state index contributed by atoms with van der Waals surface area (Å²) in [6.07, 6.45) is 5.50. The van der Waals surface area contributed by atoms with E-state index in [0.29, 0.717) is 5.44 Å². The van der Waals surface area contributed by atoms with E-state index in [4.69, 9.17) is 9.84 Å². The Kier molecular flexibility index (Phi) is 3.52. The van der Waals surface area contributed by atoms with Crippen molar-refractivity contribution in [2.45, 2.75) is 30.8 Å². The molecule has 10 heavy (non-hydrogen) atoms. The zero-order valence-corrected chi connectivity index (χ0v) is 7.06. The van der Waals surface area contributed by atoms with Crippen molar-refractivity contribution in [3.8, 4) is 0 Å². The summed E-state index contributed by atoms with van der Waals surface area (Å²) in [5, 5.41) is 8.77. The summed E-state index contributed by atoms with van der Waals surface area (Å²) in [5.74, 6) is 0. The maximum atomic E-state index is 8.77. The van der Waals surface area contributed by atoms with Crippen LogP contribution in [-0.4, -0.2) is 29.5 Å². The summed E-state index contributed by atoms with van der Waals surface area (Å²) >= 11 is 1.73. The molecule has 1 fully saturated rings. The number of hydrogen-bond donors (Lipinski definition) is 1. The number of hydrogen-bond acceptors (Lipinski definition) is 3. The lowest BCUT2D eigenvalue weighted by atomic mass is 10.1. The van der Waals surface area contributed by atoms with Crippen molar-refractivity contribution in [2.24, 2.45) is 0 Å². The molecule has 0 bridgehead atoms. The number of aliphatic hydroxyl groups excluding tert-OH is 1. The zero-order valence-electron chi connectivity index (χ0n) is 6.25. The van der Waals surface area contributed by atoms with Gasteiger partial charge in [-0.3, -0.25) is 0 Å². The Morgan fingerprint density at radius 3 is 3.00 bits per heavy atom. The molecule has 1 rings (SSSR count). The molecule has 2 atom stereocenters. The van der Waals surface area contributed by atoms with Crippen LogP contribution >= 0.6 is 11.8 Å². The minimum Gasteiger partial charge on any atom is -0.394 e. The minimum atomic E-state index is 0.103. The highest BCUT2D eigenvalue weighted by atomic mass is 32.2. The van der Waals surface area contributed by atoms with E-state index < -0.39 is 0 Å². The van der Waals surface area contributed by atoms with Gasteiger partial charge in [-0.1, -0.05) is 0 Å². The standard InChI is InChI=1S/C7H14O2S/c1-10-7-4-2-3-6(5-8)9-7/h6-8H,2-5H2,1H3. The molecule has 60 valence electrons. The summed E-state index contributed by atoms with van der Waals surface area (Å²) in [6, 6.07) is 0. The van der Waals surface area contributed by atoms with Gasteiger partial charge in [0.25, 0.3) is 0 Å². The molecule has 3 heteroatoms. The second-order valence-corrected chi connectivity index (χ2v) is 3.53. The molecule has 1 heterocycles. The number of rotatable bonds is 2. The molecule has 0 spiro atoms. The minimum absolute atomic E-state index is 0.103. The van der Waals surface area contributed by atoms with Crippen molar-refractivity contribution in [3.63, 3.8) is 0 Å². The molecule has 1 saturated heterocycles. The van der Waals surface area contributed by atoms with E-state index in [9.17, 15) is 0 Å². The summed E-state index contributed by atoms with van der Waals surface area (Å²) in [4.78, 5) is 0. The van der Waals surface area contributed by atoms with Crippen molar-refractivity contribution in [2.75, 3.05) is 12.9 Å². The van der Waals surface area contributed by atoms with Crippen LogP contribution in [0.15, 0.2) is 0 Å². The van der Waals surface area contributed by atoms with Crippen molar-refractivity contribution in [1.29, 1.82) is 0 Å². The van der Waals surface area contributed by atoms with Gasteiger partial charge >= 0.3 is 0 Å². The average molecular weight is 162 g/mol. The molecule has 2 unspecified atom stereocenters. The Labute approximate surface area is 66.0 Å². The third-order valence-corrected chi connectivity index (χ3v) is 2.65. The second-order valence-electron chi connectivity index (χ2n) is 2.54. The van der Waals surface area contributed by atoms with Crippen molar-refractivity contribution >= 4 is 11.8 Å². The van der Waals surface area contributed by atoms with Gasteiger partial charge in [-0.05, 0) is 25.5 Å². The van der Waals surface area contributed by atoms with Crippen LogP contribution in [0.1, 0.15) is 19.3 Å². The largest absolute Gasteiger partial charge is 0.394 e. The summed E-state index contributed by atoms with van der Waals surface area (Å²) in [6.45, 7) is 0.178. The van der Waals surface area contributed by atoms with Gasteiger partial charge in [0.15, 0.2) is 0 Å². The highest BCUT2D eigenvalue weighted by molar-refractivity contribution is 7.99. The van der Waals surface area contributed by atoms with Crippen LogP contribution in [0.5, 0.6) is 0 Å². The third-order valence-electron chi connectivity index (χ3n) is 1.78. The molecule has 0 saturated carbocycles. The van der Waals surface area contributed by atoms with E-state index >= 15 is 0 Å². The average Bonchev–Trinajstić information content (AvgIpc) is 2.05. The molecule has 0 amide bonds. The maximum absolute atomic E-state index is 8.77. The van der Waals surface area contributed by atoms with Gasteiger partial charge in [0.05, 0.1) is 12.7 Å². The highest BCUT2D eigenvalue weighted by Gasteiger charge is 2.20. The van der Waals surface area contributed by atoms with E-state index in [1.807, 2.05) is 6.26 Å². The second kappa shape index (κ2) is 4.21. The predicted molar refractivity (Wildman–Crippen MR) is 43.1 cm³/mol. The maximum Gasteiger partial charge on any atom is 0.103 e. The molecule has 0 aromatic carbocycles. The van der Waals surface area contributed by atoms with Crippen LogP contribution in [0, 0.1) is 0 Å². The van der Waals surface area contributed by atoms with E-state index in [1.165, 1.54) is 6.42 Å². The monoisotopic (exact) mass is 162 g/mol. The fraction of sp³-hybridized carbons (Fsp3) is 1.00. The van der Waals surface area contributed by atoms with Crippen molar-refractivity contribution in [3.05, 3.63) is 0 Å². The first-order valence-corrected chi connectivity index (χ1v) is 4.94. The van der Waals surface area contributed by atoms with Crippen LogP contribution in [0.2, 0.25) is 0 Å². The van der Waals surface area contributed by atoms with Gasteiger partial charge in [-0.2, -0.15) is 0 Å². The van der Waals surface area contributed by atoms with Gasteiger partial charge in [0.1, 0.15) is 5.44 Å². The molecule has 1 N–H and O–H groups in total. The predicted octanol–water partition coefficient (Wildman–Crippen LogP) is 1.24. The molecule has 2 nitrogen and oxygen atoms in total. The summed E-state index contributed by atoms with van der Waals surface area (Å²) in [5.41, 5.74) is 0.325. The van der Waals surface area contributed by atoms with E-state index in [0.717, 1.165) is 12.8 Å². The van der Waals surface area contributed by atoms with E-state index in [-0.39, 0.29) is 12.7 Å². The summed E-state index contributed by atoms with van der Waals surface area (Å²) < 4.78 is 5.50. The Morgan fingerprint density at radius 1 is 1.60 bits per heavy atom. The highest BCUT2D eigenvalue weighted by Crippen LogP contribution is 2.24. The third kappa shape index (κ3) is 2.15. The van der Waals surface area contributed by atoms with Crippen molar-refractivity contribution in [1.82, 2.24) is 0 Å². The van der Waals surface area contributed by atoms with Crippen LogP contribution in [0.4, 0.5) is 0 Å². The van der Waals surface area contributed by atoms with Gasteiger partial charge < -0.3 is 9.84 Å². The molecular formula is C7H14O2S. The normalized spacial score (nSPS) is 34.2. The van der Waals surface area contributed by atoms with Crippen LogP contribution < -0.4 is 0 Å². The Morgan fingerprint density at radius 2 is 2.40 bits per heavy atom. The van der Waals surface area contributed by atoms with E-state index in [2.05, 4.69) is 0 Å². The van der Waals surface area contributed by atoms with Crippen LogP contribution in [-0.2, 0) is 4.74 Å². The van der Waals surface area contributed by atoms with Crippen LogP contribution in [0.3, 0.4) is 0 Å². The Balaban J connectivity index is 2.25. The lowest BCUT2D eigenvalue weighted by molar-refractivity contribution is -0.0332. The zero-order chi connectivity index (χ0) is 7.40. The fourth-order valence-electron chi connectivity index (χ4n) is 1.17. The first kappa shape index (κ1) is 8.37. The SMILES string of the molecule is CSC1CCCC(CO)O1. The number of thioether (sulfide) groups is 1. The molecule has 0 aliphatic carbocycles. The Bertz CT molecular complexity index is 87.6. The van der Waals surface area contributed by atoms with Gasteiger partial charge in [-0.25, -0.2) is 0 Å². The lowest BCUT2D eigenvalue weighted by Crippen LogP contribution is -2.27. The number of ether oxygens (including phenoxy) is 1. The quantitative estimate of drug-likeness (QED) is 0.662. The first-order chi connectivity index (χ1) is 4.86. The fourth-order valence-corrected chi connectivity index (χ4v) is 1.84. The van der Waals surface area contributed by atoms with Crippen LogP contribution in [0.25, 0.3) is 0 Å².